The number of amides is 1. The topological polar surface area (TPSA) is 49.3 Å². The van der Waals surface area contributed by atoms with Gasteiger partial charge in [0.2, 0.25) is 5.28 Å². The molecule has 1 amide bonds. The van der Waals surface area contributed by atoms with Crippen LogP contribution in [0.25, 0.3) is 0 Å². The number of hydrogen-bond donors (Lipinski definition) is 0. The lowest BCUT2D eigenvalue weighted by Crippen LogP contribution is -2.58. The van der Waals surface area contributed by atoms with E-state index in [1.165, 1.54) is 0 Å². The highest BCUT2D eigenvalue weighted by Crippen LogP contribution is 2.43. The van der Waals surface area contributed by atoms with Gasteiger partial charge in [0, 0.05) is 13.6 Å². The summed E-state index contributed by atoms with van der Waals surface area (Å²) in [5, 5.41) is 0.223. The smallest absolute Gasteiger partial charge is 0.252 e. The fourth-order valence-corrected chi connectivity index (χ4v) is 2.91. The number of carbonyl (C=O) groups excluding carboxylic acids is 1. The first-order chi connectivity index (χ1) is 8.04. The lowest BCUT2D eigenvalue weighted by atomic mass is 9.94. The van der Waals surface area contributed by atoms with E-state index >= 15 is 0 Å². The Hall–Kier alpha value is -1.36. The van der Waals surface area contributed by atoms with Crippen molar-refractivity contribution in [2.75, 3.05) is 23.4 Å². The van der Waals surface area contributed by atoms with Gasteiger partial charge in [0.05, 0.1) is 6.20 Å². The Morgan fingerprint density at radius 1 is 1.53 bits per heavy atom. The van der Waals surface area contributed by atoms with Crippen LogP contribution in [0.5, 0.6) is 0 Å². The molecule has 1 saturated heterocycles. The van der Waals surface area contributed by atoms with E-state index in [0.29, 0.717) is 0 Å². The minimum absolute atomic E-state index is 0.105. The van der Waals surface area contributed by atoms with Gasteiger partial charge in [0.25, 0.3) is 5.91 Å². The van der Waals surface area contributed by atoms with Crippen LogP contribution < -0.4 is 9.80 Å². The highest BCUT2D eigenvalue weighted by molar-refractivity contribution is 6.28. The van der Waals surface area contributed by atoms with Crippen LogP contribution in [0.2, 0.25) is 5.28 Å². The summed E-state index contributed by atoms with van der Waals surface area (Å²) in [7, 11) is 1.76. The molecular weight excluding hydrogens is 240 g/mol. The molecule has 1 unspecified atom stereocenters. The fourth-order valence-electron chi connectivity index (χ4n) is 2.78. The third kappa shape index (κ3) is 1.29. The van der Waals surface area contributed by atoms with Gasteiger partial charge in [-0.25, -0.2) is 4.98 Å². The summed E-state index contributed by atoms with van der Waals surface area (Å²) >= 11 is 5.84. The summed E-state index contributed by atoms with van der Waals surface area (Å²) in [6.07, 6.45) is 3.47. The molecule has 0 aromatic carbocycles. The minimum Gasteiger partial charge on any atom is -0.340 e. The molecule has 0 radical (unpaired) electrons. The van der Waals surface area contributed by atoms with Crippen molar-refractivity contribution in [3.05, 3.63) is 11.5 Å². The molecule has 0 saturated carbocycles. The van der Waals surface area contributed by atoms with Gasteiger partial charge in [0.15, 0.2) is 5.82 Å². The first-order valence-corrected chi connectivity index (χ1v) is 6.00. The molecular formula is C11H13ClN4O. The summed E-state index contributed by atoms with van der Waals surface area (Å²) in [6.45, 7) is 2.81. The molecule has 90 valence electrons. The van der Waals surface area contributed by atoms with Crippen molar-refractivity contribution < 1.29 is 4.79 Å². The molecule has 1 aromatic heterocycles. The summed E-state index contributed by atoms with van der Waals surface area (Å²) < 4.78 is 0. The molecule has 0 spiro atoms. The number of rotatable bonds is 0. The van der Waals surface area contributed by atoms with Crippen molar-refractivity contribution in [2.45, 2.75) is 25.3 Å². The Bertz CT molecular complexity index is 506. The highest BCUT2D eigenvalue weighted by Gasteiger charge is 2.50. The third-order valence-electron chi connectivity index (χ3n) is 3.74. The van der Waals surface area contributed by atoms with E-state index in [2.05, 4.69) is 14.9 Å². The van der Waals surface area contributed by atoms with Gasteiger partial charge < -0.3 is 9.80 Å². The van der Waals surface area contributed by atoms with Crippen molar-refractivity contribution in [3.63, 3.8) is 0 Å². The first kappa shape index (κ1) is 10.8. The van der Waals surface area contributed by atoms with E-state index in [1.807, 2.05) is 6.92 Å². The minimum atomic E-state index is -0.473. The van der Waals surface area contributed by atoms with E-state index in [9.17, 15) is 4.79 Å². The maximum Gasteiger partial charge on any atom is 0.252 e. The number of anilines is 2. The van der Waals surface area contributed by atoms with Gasteiger partial charge in [-0.05, 0) is 31.4 Å². The Morgan fingerprint density at radius 2 is 2.29 bits per heavy atom. The maximum absolute atomic E-state index is 12.4. The zero-order valence-corrected chi connectivity index (χ0v) is 10.5. The second-order valence-corrected chi connectivity index (χ2v) is 5.08. The average Bonchev–Trinajstić information content (AvgIpc) is 2.70. The molecule has 1 aromatic rings. The molecule has 5 nitrogen and oxygen atoms in total. The Kier molecular flexibility index (Phi) is 2.10. The standard InChI is InChI=1S/C11H13ClN4O/c1-11-4-3-5-16(11)8-7(15(2)9(11)17)6-13-10(12)14-8/h6H,3-5H2,1-2H3. The van der Waals surface area contributed by atoms with E-state index in [-0.39, 0.29) is 11.2 Å². The molecule has 1 atom stereocenters. The molecule has 2 aliphatic heterocycles. The van der Waals surface area contributed by atoms with Gasteiger partial charge in [-0.3, -0.25) is 4.79 Å². The van der Waals surface area contributed by atoms with E-state index < -0.39 is 5.54 Å². The predicted octanol–water partition coefficient (Wildman–Crippen LogP) is 1.47. The SMILES string of the molecule is CN1C(=O)C2(C)CCCN2c2nc(Cl)ncc21. The van der Waals surface area contributed by atoms with E-state index in [0.717, 1.165) is 30.9 Å². The van der Waals surface area contributed by atoms with Crippen LogP contribution >= 0.6 is 11.6 Å². The monoisotopic (exact) mass is 252 g/mol. The van der Waals surface area contributed by atoms with Crippen LogP contribution in [-0.2, 0) is 4.79 Å². The van der Waals surface area contributed by atoms with Crippen molar-refractivity contribution in [1.29, 1.82) is 0 Å². The maximum atomic E-state index is 12.4. The molecule has 1 fully saturated rings. The number of aromatic nitrogens is 2. The third-order valence-corrected chi connectivity index (χ3v) is 3.93. The van der Waals surface area contributed by atoms with Crippen molar-refractivity contribution in [2.24, 2.45) is 0 Å². The van der Waals surface area contributed by atoms with Crippen LogP contribution in [0, 0.1) is 0 Å². The Balaban J connectivity index is 2.22. The number of fused-ring (bicyclic) bond motifs is 3. The number of hydrogen-bond acceptors (Lipinski definition) is 4. The quantitative estimate of drug-likeness (QED) is 0.656. The number of likely N-dealkylation sites (N-methyl/N-ethyl adjacent to an activating group) is 1. The Labute approximate surface area is 104 Å². The second-order valence-electron chi connectivity index (χ2n) is 4.74. The first-order valence-electron chi connectivity index (χ1n) is 5.62. The van der Waals surface area contributed by atoms with Gasteiger partial charge in [0.1, 0.15) is 11.2 Å². The van der Waals surface area contributed by atoms with Crippen LogP contribution in [0.4, 0.5) is 11.5 Å². The molecule has 0 bridgehead atoms. The highest BCUT2D eigenvalue weighted by atomic mass is 35.5. The zero-order valence-electron chi connectivity index (χ0n) is 9.77. The van der Waals surface area contributed by atoms with Crippen LogP contribution in [0.15, 0.2) is 6.20 Å². The summed E-state index contributed by atoms with van der Waals surface area (Å²) in [6, 6.07) is 0. The van der Waals surface area contributed by atoms with Crippen molar-refractivity contribution >= 4 is 29.0 Å². The van der Waals surface area contributed by atoms with E-state index in [4.69, 9.17) is 11.6 Å². The van der Waals surface area contributed by atoms with Gasteiger partial charge in [-0.15, -0.1) is 0 Å². The van der Waals surface area contributed by atoms with Crippen LogP contribution in [-0.4, -0.2) is 35.0 Å². The molecule has 3 rings (SSSR count). The molecule has 0 aliphatic carbocycles. The van der Waals surface area contributed by atoms with Crippen LogP contribution in [0.1, 0.15) is 19.8 Å². The number of nitrogens with zero attached hydrogens (tertiary/aromatic N) is 4. The summed E-state index contributed by atoms with van der Waals surface area (Å²) in [5.74, 6) is 0.875. The van der Waals surface area contributed by atoms with Crippen LogP contribution in [0.3, 0.4) is 0 Å². The lowest BCUT2D eigenvalue weighted by Gasteiger charge is -2.43. The van der Waals surface area contributed by atoms with Gasteiger partial charge in [-0.1, -0.05) is 0 Å². The van der Waals surface area contributed by atoms with Crippen molar-refractivity contribution in [3.8, 4) is 0 Å². The summed E-state index contributed by atoms with van der Waals surface area (Å²) in [4.78, 5) is 24.3. The molecule has 3 heterocycles. The van der Waals surface area contributed by atoms with Crippen molar-refractivity contribution in [1.82, 2.24) is 9.97 Å². The molecule has 17 heavy (non-hydrogen) atoms. The summed E-state index contributed by atoms with van der Waals surface area (Å²) in [5.41, 5.74) is 0.262. The number of carbonyl (C=O) groups is 1. The number of halogens is 1. The molecule has 6 heteroatoms. The van der Waals surface area contributed by atoms with Gasteiger partial charge >= 0.3 is 0 Å². The van der Waals surface area contributed by atoms with E-state index in [1.54, 1.807) is 18.1 Å². The molecule has 0 N–H and O–H groups in total. The fraction of sp³-hybridized carbons (Fsp3) is 0.545. The average molecular weight is 253 g/mol. The largest absolute Gasteiger partial charge is 0.340 e. The predicted molar refractivity (Wildman–Crippen MR) is 65.4 cm³/mol. The normalized spacial score (nSPS) is 27.1. The molecule has 2 aliphatic rings. The zero-order chi connectivity index (χ0) is 12.2. The Morgan fingerprint density at radius 3 is 3.06 bits per heavy atom. The lowest BCUT2D eigenvalue weighted by molar-refractivity contribution is -0.123. The second kappa shape index (κ2) is 3.32. The van der Waals surface area contributed by atoms with Gasteiger partial charge in [-0.2, -0.15) is 4.98 Å².